The molecule has 94 valence electrons. The van der Waals surface area contributed by atoms with Gasteiger partial charge in [-0.2, -0.15) is 4.31 Å². The van der Waals surface area contributed by atoms with E-state index in [2.05, 4.69) is 15.9 Å². The summed E-state index contributed by atoms with van der Waals surface area (Å²) in [6.45, 7) is 2.29. The third kappa shape index (κ3) is 2.62. The SMILES string of the molecule is Cc1cc(S(=O)(=O)N2CCCC(=O)C2)sc1Br. The number of carbonyl (C=O) groups excluding carboxylic acids is 1. The molecule has 1 fully saturated rings. The molecule has 0 atom stereocenters. The van der Waals surface area contributed by atoms with E-state index in [1.807, 2.05) is 6.92 Å². The molecule has 0 saturated carbocycles. The summed E-state index contributed by atoms with van der Waals surface area (Å²) in [5.74, 6) is -0.00725. The lowest BCUT2D eigenvalue weighted by molar-refractivity contribution is -0.120. The predicted octanol–water partition coefficient (Wildman–Crippen LogP) is 2.17. The van der Waals surface area contributed by atoms with Crippen LogP contribution in [0.5, 0.6) is 0 Å². The minimum atomic E-state index is -3.50. The minimum absolute atomic E-state index is 0.00725. The first-order valence-corrected chi connectivity index (χ1v) is 8.24. The van der Waals surface area contributed by atoms with Crippen LogP contribution in [-0.4, -0.2) is 31.6 Å². The lowest BCUT2D eigenvalue weighted by atomic mass is 10.1. The monoisotopic (exact) mass is 337 g/mol. The van der Waals surface area contributed by atoms with Crippen LogP contribution >= 0.6 is 27.3 Å². The third-order valence-electron chi connectivity index (χ3n) is 2.64. The van der Waals surface area contributed by atoms with Crippen LogP contribution in [0.3, 0.4) is 0 Å². The molecule has 7 heteroatoms. The van der Waals surface area contributed by atoms with Gasteiger partial charge < -0.3 is 0 Å². The largest absolute Gasteiger partial charge is 0.298 e. The quantitative estimate of drug-likeness (QED) is 0.831. The standard InChI is InChI=1S/C10H12BrNO3S2/c1-7-5-9(16-10(7)11)17(14,15)12-4-2-3-8(13)6-12/h5H,2-4,6H2,1H3. The molecule has 2 heterocycles. The van der Waals surface area contributed by atoms with Gasteiger partial charge in [0.25, 0.3) is 10.0 Å². The Labute approximate surface area is 113 Å². The van der Waals surface area contributed by atoms with Gasteiger partial charge in [-0.25, -0.2) is 8.42 Å². The molecule has 0 aromatic carbocycles. The molecular formula is C10H12BrNO3S2. The maximum Gasteiger partial charge on any atom is 0.253 e. The Morgan fingerprint density at radius 2 is 2.18 bits per heavy atom. The molecule has 0 bridgehead atoms. The molecule has 4 nitrogen and oxygen atoms in total. The van der Waals surface area contributed by atoms with Crippen LogP contribution in [0.15, 0.2) is 14.1 Å². The van der Waals surface area contributed by atoms with Crippen molar-refractivity contribution in [3.63, 3.8) is 0 Å². The number of rotatable bonds is 2. The Balaban J connectivity index is 2.32. The molecule has 0 aliphatic carbocycles. The van der Waals surface area contributed by atoms with Crippen molar-refractivity contribution in [2.75, 3.05) is 13.1 Å². The van der Waals surface area contributed by atoms with Gasteiger partial charge in [0, 0.05) is 13.0 Å². The van der Waals surface area contributed by atoms with Crippen molar-refractivity contribution in [3.8, 4) is 0 Å². The normalized spacial score (nSPS) is 18.6. The number of carbonyl (C=O) groups is 1. The zero-order valence-corrected chi connectivity index (χ0v) is 12.5. The smallest absolute Gasteiger partial charge is 0.253 e. The van der Waals surface area contributed by atoms with Gasteiger partial charge in [0.1, 0.15) is 9.99 Å². The second kappa shape index (κ2) is 4.79. The zero-order valence-electron chi connectivity index (χ0n) is 9.27. The molecule has 0 unspecified atom stereocenters. The Kier molecular flexibility index (Phi) is 3.72. The van der Waals surface area contributed by atoms with Crippen LogP contribution in [-0.2, 0) is 14.8 Å². The van der Waals surface area contributed by atoms with E-state index in [1.54, 1.807) is 6.07 Å². The Morgan fingerprint density at radius 1 is 1.47 bits per heavy atom. The predicted molar refractivity (Wildman–Crippen MR) is 69.8 cm³/mol. The van der Waals surface area contributed by atoms with Gasteiger partial charge in [-0.1, -0.05) is 0 Å². The number of halogens is 1. The minimum Gasteiger partial charge on any atom is -0.298 e. The number of piperidine rings is 1. The van der Waals surface area contributed by atoms with Crippen LogP contribution in [0.25, 0.3) is 0 Å². The number of aryl methyl sites for hydroxylation is 1. The molecule has 17 heavy (non-hydrogen) atoms. The molecule has 1 saturated heterocycles. The lowest BCUT2D eigenvalue weighted by Crippen LogP contribution is -2.39. The molecular weight excluding hydrogens is 326 g/mol. The molecule has 0 amide bonds. The van der Waals surface area contributed by atoms with Crippen LogP contribution in [0.4, 0.5) is 0 Å². The fraction of sp³-hybridized carbons (Fsp3) is 0.500. The number of hydrogen-bond acceptors (Lipinski definition) is 4. The van der Waals surface area contributed by atoms with Gasteiger partial charge >= 0.3 is 0 Å². The fourth-order valence-corrected chi connectivity index (χ4v) is 5.54. The Hall–Kier alpha value is -0.240. The van der Waals surface area contributed by atoms with E-state index in [0.717, 1.165) is 9.35 Å². The molecule has 1 aliphatic heterocycles. The van der Waals surface area contributed by atoms with Crippen LogP contribution < -0.4 is 0 Å². The van der Waals surface area contributed by atoms with Gasteiger partial charge in [-0.3, -0.25) is 4.79 Å². The first-order chi connectivity index (χ1) is 7.91. The van der Waals surface area contributed by atoms with E-state index < -0.39 is 10.0 Å². The van der Waals surface area contributed by atoms with E-state index in [-0.39, 0.29) is 12.3 Å². The summed E-state index contributed by atoms with van der Waals surface area (Å²) >= 11 is 4.50. The van der Waals surface area contributed by atoms with Crippen molar-refractivity contribution in [3.05, 3.63) is 15.4 Å². The summed E-state index contributed by atoms with van der Waals surface area (Å²) in [6, 6.07) is 1.64. The first-order valence-electron chi connectivity index (χ1n) is 5.19. The highest BCUT2D eigenvalue weighted by molar-refractivity contribution is 9.11. The second-order valence-corrected chi connectivity index (χ2v) is 8.54. The average Bonchev–Trinajstić information content (AvgIpc) is 2.60. The van der Waals surface area contributed by atoms with Crippen molar-refractivity contribution in [1.29, 1.82) is 0 Å². The summed E-state index contributed by atoms with van der Waals surface area (Å²) < 4.78 is 26.9. The van der Waals surface area contributed by atoms with E-state index in [9.17, 15) is 13.2 Å². The van der Waals surface area contributed by atoms with Crippen LogP contribution in [0.2, 0.25) is 0 Å². The van der Waals surface area contributed by atoms with Crippen molar-refractivity contribution < 1.29 is 13.2 Å². The maximum atomic E-state index is 12.3. The number of Topliss-reactive ketones (excluding diaryl/α,β-unsaturated/α-hetero) is 1. The lowest BCUT2D eigenvalue weighted by Gasteiger charge is -2.24. The van der Waals surface area contributed by atoms with Gasteiger partial charge in [0.15, 0.2) is 0 Å². The van der Waals surface area contributed by atoms with Crippen LogP contribution in [0, 0.1) is 6.92 Å². The highest BCUT2D eigenvalue weighted by Gasteiger charge is 2.30. The van der Waals surface area contributed by atoms with E-state index in [1.165, 1.54) is 15.6 Å². The van der Waals surface area contributed by atoms with Gasteiger partial charge in [0.2, 0.25) is 0 Å². The molecule has 1 aliphatic rings. The van der Waals surface area contributed by atoms with Gasteiger partial charge in [-0.05, 0) is 40.9 Å². The molecule has 2 rings (SSSR count). The average molecular weight is 338 g/mol. The summed E-state index contributed by atoms with van der Waals surface area (Å²) in [7, 11) is -3.50. The summed E-state index contributed by atoms with van der Waals surface area (Å²) in [5, 5.41) is 0. The Morgan fingerprint density at radius 3 is 2.71 bits per heavy atom. The number of sulfonamides is 1. The topological polar surface area (TPSA) is 54.5 Å². The van der Waals surface area contributed by atoms with E-state index in [4.69, 9.17) is 0 Å². The van der Waals surface area contributed by atoms with Gasteiger partial charge in [0.05, 0.1) is 10.3 Å². The molecule has 0 N–H and O–H groups in total. The number of nitrogens with zero attached hydrogens (tertiary/aromatic N) is 1. The van der Waals surface area contributed by atoms with Crippen molar-refractivity contribution in [1.82, 2.24) is 4.31 Å². The number of ketones is 1. The Bertz CT molecular complexity index is 530. The van der Waals surface area contributed by atoms with E-state index >= 15 is 0 Å². The third-order valence-corrected chi connectivity index (χ3v) is 7.08. The molecule has 1 aromatic rings. The van der Waals surface area contributed by atoms with Crippen LogP contribution in [0.1, 0.15) is 18.4 Å². The maximum absolute atomic E-state index is 12.3. The van der Waals surface area contributed by atoms with Crippen molar-refractivity contribution >= 4 is 43.1 Å². The summed E-state index contributed by atoms with van der Waals surface area (Å²) in [4.78, 5) is 11.3. The molecule has 0 radical (unpaired) electrons. The first kappa shape index (κ1) is 13.2. The highest BCUT2D eigenvalue weighted by Crippen LogP contribution is 2.32. The highest BCUT2D eigenvalue weighted by atomic mass is 79.9. The van der Waals surface area contributed by atoms with Gasteiger partial charge in [-0.15, -0.1) is 11.3 Å². The number of hydrogen-bond donors (Lipinski definition) is 0. The fourth-order valence-electron chi connectivity index (χ4n) is 1.70. The zero-order chi connectivity index (χ0) is 12.6. The van der Waals surface area contributed by atoms with E-state index in [0.29, 0.717) is 23.6 Å². The molecule has 1 aromatic heterocycles. The summed E-state index contributed by atoms with van der Waals surface area (Å²) in [6.07, 6.45) is 1.10. The summed E-state index contributed by atoms with van der Waals surface area (Å²) in [5.41, 5.74) is 0.900. The van der Waals surface area contributed by atoms with Crippen molar-refractivity contribution in [2.45, 2.75) is 24.0 Å². The number of thiophene rings is 1. The molecule has 0 spiro atoms. The second-order valence-electron chi connectivity index (χ2n) is 4.00. The van der Waals surface area contributed by atoms with Crippen molar-refractivity contribution in [2.24, 2.45) is 0 Å².